The number of carbonyl (C=O) groups excluding carboxylic acids is 1. The summed E-state index contributed by atoms with van der Waals surface area (Å²) in [6.07, 6.45) is 8.59. The number of hydrogen-bond donors (Lipinski definition) is 1. The van der Waals surface area contributed by atoms with Gasteiger partial charge in [-0.15, -0.1) is 5.92 Å². The lowest BCUT2D eigenvalue weighted by Crippen LogP contribution is -2.42. The molecule has 0 aliphatic carbocycles. The van der Waals surface area contributed by atoms with Crippen LogP contribution in [0.3, 0.4) is 0 Å². The quantitative estimate of drug-likeness (QED) is 0.534. The van der Waals surface area contributed by atoms with Crippen LogP contribution in [0.4, 0.5) is 0 Å². The average molecular weight is 299 g/mol. The minimum absolute atomic E-state index is 0.0699. The third-order valence-corrected chi connectivity index (χ3v) is 3.52. The van der Waals surface area contributed by atoms with Crippen molar-refractivity contribution in [3.05, 3.63) is 35.9 Å². The lowest BCUT2D eigenvalue weighted by molar-refractivity contribution is 0.0930. The summed E-state index contributed by atoms with van der Waals surface area (Å²) in [6.45, 7) is 6.13. The molecule has 22 heavy (non-hydrogen) atoms. The zero-order valence-electron chi connectivity index (χ0n) is 14.2. The molecule has 0 aliphatic heterocycles. The van der Waals surface area contributed by atoms with E-state index >= 15 is 0 Å². The summed E-state index contributed by atoms with van der Waals surface area (Å²) in [5, 5.41) is 2.98. The lowest BCUT2D eigenvalue weighted by atomic mass is 10.0. The van der Waals surface area contributed by atoms with Gasteiger partial charge < -0.3 is 5.32 Å². The highest BCUT2D eigenvalue weighted by Crippen LogP contribution is 2.08. The third-order valence-electron chi connectivity index (χ3n) is 3.52. The molecule has 0 heterocycles. The highest BCUT2D eigenvalue weighted by atomic mass is 16.1. The van der Waals surface area contributed by atoms with Crippen molar-refractivity contribution in [1.82, 2.24) is 5.32 Å². The van der Waals surface area contributed by atoms with E-state index in [0.717, 1.165) is 12.8 Å². The number of unbranched alkanes of at least 4 members (excludes halogenated alkanes) is 6. The van der Waals surface area contributed by atoms with Gasteiger partial charge in [-0.1, -0.05) is 63.1 Å². The summed E-state index contributed by atoms with van der Waals surface area (Å²) >= 11 is 0. The normalized spacial score (nSPS) is 10.7. The number of carbonyl (C=O) groups is 1. The van der Waals surface area contributed by atoms with Crippen LogP contribution in [0.2, 0.25) is 0 Å². The monoisotopic (exact) mass is 299 g/mol. The predicted octanol–water partition coefficient (Wildman–Crippen LogP) is 4.95. The lowest BCUT2D eigenvalue weighted by Gasteiger charge is -2.19. The van der Waals surface area contributed by atoms with Crippen molar-refractivity contribution in [1.29, 1.82) is 0 Å². The molecule has 1 N–H and O–H groups in total. The molecule has 0 saturated heterocycles. The summed E-state index contributed by atoms with van der Waals surface area (Å²) in [7, 11) is 0. The molecule has 0 saturated carbocycles. The number of nitrogens with one attached hydrogen (secondary N) is 1. The highest BCUT2D eigenvalue weighted by Gasteiger charge is 2.17. The van der Waals surface area contributed by atoms with E-state index in [2.05, 4.69) is 24.1 Å². The maximum Gasteiger partial charge on any atom is 0.252 e. The number of amides is 1. The van der Waals surface area contributed by atoms with Crippen LogP contribution in [0.1, 0.15) is 76.1 Å². The van der Waals surface area contributed by atoms with Crippen molar-refractivity contribution in [3.63, 3.8) is 0 Å². The van der Waals surface area contributed by atoms with E-state index in [1.165, 1.54) is 32.1 Å². The van der Waals surface area contributed by atoms with Gasteiger partial charge in [0.1, 0.15) is 0 Å². The molecular weight excluding hydrogens is 270 g/mol. The second-order valence-corrected chi connectivity index (χ2v) is 6.26. The Morgan fingerprint density at radius 1 is 1.05 bits per heavy atom. The van der Waals surface area contributed by atoms with E-state index in [1.54, 1.807) is 0 Å². The molecule has 2 heteroatoms. The van der Waals surface area contributed by atoms with Crippen LogP contribution in [0.25, 0.3) is 0 Å². The maximum absolute atomic E-state index is 12.1. The van der Waals surface area contributed by atoms with Crippen molar-refractivity contribution >= 4 is 5.91 Å². The van der Waals surface area contributed by atoms with E-state index in [9.17, 15) is 4.79 Å². The van der Waals surface area contributed by atoms with E-state index < -0.39 is 5.54 Å². The molecule has 0 spiro atoms. The van der Waals surface area contributed by atoms with E-state index in [1.807, 2.05) is 44.2 Å². The standard InChI is InChI=1S/C20H29NO/c1-4-5-6-7-8-9-10-14-17-20(2,3)21-19(22)18-15-12-11-13-16-18/h11-13,15-16H,4-10H2,1-3H3,(H,21,22). The molecular formula is C20H29NO. The third kappa shape index (κ3) is 7.88. The van der Waals surface area contributed by atoms with Gasteiger partial charge in [0, 0.05) is 12.0 Å². The van der Waals surface area contributed by atoms with Crippen LogP contribution < -0.4 is 5.32 Å². The molecule has 0 fully saturated rings. The Hall–Kier alpha value is -1.75. The molecule has 1 aromatic rings. The fraction of sp³-hybridized carbons (Fsp3) is 0.550. The maximum atomic E-state index is 12.1. The Labute approximate surface area is 135 Å². The fourth-order valence-electron chi connectivity index (χ4n) is 2.25. The Bertz CT molecular complexity index is 493. The van der Waals surface area contributed by atoms with E-state index in [4.69, 9.17) is 0 Å². The van der Waals surface area contributed by atoms with Crippen LogP contribution in [-0.2, 0) is 0 Å². The zero-order valence-corrected chi connectivity index (χ0v) is 14.2. The predicted molar refractivity (Wildman–Crippen MR) is 93.8 cm³/mol. The van der Waals surface area contributed by atoms with Crippen molar-refractivity contribution in [2.45, 2.75) is 71.3 Å². The molecule has 1 rings (SSSR count). The Morgan fingerprint density at radius 3 is 2.36 bits per heavy atom. The van der Waals surface area contributed by atoms with Gasteiger partial charge in [0.05, 0.1) is 5.54 Å². The van der Waals surface area contributed by atoms with Crippen molar-refractivity contribution in [2.75, 3.05) is 0 Å². The van der Waals surface area contributed by atoms with Gasteiger partial charge in [-0.25, -0.2) is 0 Å². The zero-order chi connectivity index (χ0) is 16.3. The summed E-state index contributed by atoms with van der Waals surface area (Å²) in [6, 6.07) is 9.27. The average Bonchev–Trinajstić information content (AvgIpc) is 2.50. The van der Waals surface area contributed by atoms with E-state index in [0.29, 0.717) is 5.56 Å². The Kier molecular flexibility index (Phi) is 8.36. The number of rotatable bonds is 8. The Morgan fingerprint density at radius 2 is 1.68 bits per heavy atom. The molecule has 0 aliphatic rings. The molecule has 2 nitrogen and oxygen atoms in total. The second kappa shape index (κ2) is 10.1. The van der Waals surface area contributed by atoms with Crippen LogP contribution >= 0.6 is 0 Å². The molecule has 1 aromatic carbocycles. The van der Waals surface area contributed by atoms with Gasteiger partial charge in [-0.3, -0.25) is 4.79 Å². The number of hydrogen-bond acceptors (Lipinski definition) is 1. The van der Waals surface area contributed by atoms with Gasteiger partial charge in [0.25, 0.3) is 5.91 Å². The van der Waals surface area contributed by atoms with Crippen LogP contribution in [0.5, 0.6) is 0 Å². The first-order valence-corrected chi connectivity index (χ1v) is 8.43. The molecule has 0 unspecified atom stereocenters. The first kappa shape index (κ1) is 18.3. The van der Waals surface area contributed by atoms with Crippen LogP contribution in [-0.4, -0.2) is 11.4 Å². The first-order chi connectivity index (χ1) is 10.5. The molecule has 0 aromatic heterocycles. The first-order valence-electron chi connectivity index (χ1n) is 8.43. The largest absolute Gasteiger partial charge is 0.336 e. The minimum atomic E-state index is -0.491. The molecule has 0 bridgehead atoms. The molecule has 0 atom stereocenters. The summed E-state index contributed by atoms with van der Waals surface area (Å²) < 4.78 is 0. The van der Waals surface area contributed by atoms with Gasteiger partial charge >= 0.3 is 0 Å². The molecule has 0 radical (unpaired) electrons. The van der Waals surface area contributed by atoms with Crippen LogP contribution in [0, 0.1) is 11.8 Å². The second-order valence-electron chi connectivity index (χ2n) is 6.26. The van der Waals surface area contributed by atoms with Gasteiger partial charge in [-0.2, -0.15) is 0 Å². The summed E-state index contributed by atoms with van der Waals surface area (Å²) in [5.74, 6) is 6.32. The van der Waals surface area contributed by atoms with Crippen molar-refractivity contribution < 1.29 is 4.79 Å². The van der Waals surface area contributed by atoms with Crippen molar-refractivity contribution in [2.24, 2.45) is 0 Å². The molecule has 1 amide bonds. The summed E-state index contributed by atoms with van der Waals surface area (Å²) in [4.78, 5) is 12.1. The van der Waals surface area contributed by atoms with Gasteiger partial charge in [-0.05, 0) is 32.4 Å². The van der Waals surface area contributed by atoms with Gasteiger partial charge in [0.15, 0.2) is 0 Å². The van der Waals surface area contributed by atoms with E-state index in [-0.39, 0.29) is 5.91 Å². The highest BCUT2D eigenvalue weighted by molar-refractivity contribution is 5.94. The van der Waals surface area contributed by atoms with Gasteiger partial charge in [0.2, 0.25) is 0 Å². The number of benzene rings is 1. The smallest absolute Gasteiger partial charge is 0.252 e. The minimum Gasteiger partial charge on any atom is -0.336 e. The topological polar surface area (TPSA) is 29.1 Å². The Balaban J connectivity index is 2.32. The fourth-order valence-corrected chi connectivity index (χ4v) is 2.25. The van der Waals surface area contributed by atoms with Crippen LogP contribution in [0.15, 0.2) is 30.3 Å². The summed E-state index contributed by atoms with van der Waals surface area (Å²) in [5.41, 5.74) is 0.183. The molecule has 120 valence electrons. The van der Waals surface area contributed by atoms with Crippen molar-refractivity contribution in [3.8, 4) is 11.8 Å². The SMILES string of the molecule is CCCCCCCCC#CC(C)(C)NC(=O)c1ccccc1.